The molecule has 2 rings (SSSR count). The molecule has 1 aromatic carbocycles. The van der Waals surface area contributed by atoms with Crippen molar-refractivity contribution in [2.45, 2.75) is 39.2 Å². The highest BCUT2D eigenvalue weighted by molar-refractivity contribution is 7.09. The summed E-state index contributed by atoms with van der Waals surface area (Å²) in [5, 5.41) is 5.79. The van der Waals surface area contributed by atoms with Crippen LogP contribution in [0.15, 0.2) is 29.6 Å². The van der Waals surface area contributed by atoms with Crippen LogP contribution >= 0.6 is 36.2 Å². The third kappa shape index (κ3) is 8.45. The standard InChI is InChI=1S/C18H24FN3OS.2ClH/c1-12(2)7-15(10-20)21-17(23)9-16-11-24-18(22-16)8-13-3-5-14(19)6-4-13;;/h3-6,11-12,15H,7-10,20H2,1-2H3,(H,21,23);2*1H. The summed E-state index contributed by atoms with van der Waals surface area (Å²) in [7, 11) is 0. The van der Waals surface area contributed by atoms with Crippen LogP contribution in [0.25, 0.3) is 0 Å². The number of carbonyl (C=O) groups is 1. The zero-order valence-electron chi connectivity index (χ0n) is 14.9. The maximum Gasteiger partial charge on any atom is 0.226 e. The fourth-order valence-electron chi connectivity index (χ4n) is 2.51. The van der Waals surface area contributed by atoms with E-state index in [2.05, 4.69) is 24.1 Å². The van der Waals surface area contributed by atoms with Crippen LogP contribution in [0.2, 0.25) is 0 Å². The molecule has 8 heteroatoms. The van der Waals surface area contributed by atoms with Gasteiger partial charge in [0.25, 0.3) is 0 Å². The average molecular weight is 422 g/mol. The molecule has 0 aliphatic carbocycles. The fraction of sp³-hybridized carbons (Fsp3) is 0.444. The minimum atomic E-state index is -0.244. The van der Waals surface area contributed by atoms with Crippen LogP contribution < -0.4 is 11.1 Å². The summed E-state index contributed by atoms with van der Waals surface area (Å²) >= 11 is 1.52. The lowest BCUT2D eigenvalue weighted by Crippen LogP contribution is -2.41. The van der Waals surface area contributed by atoms with Crippen LogP contribution in [-0.4, -0.2) is 23.5 Å². The van der Waals surface area contributed by atoms with E-state index in [1.54, 1.807) is 12.1 Å². The molecule has 0 spiro atoms. The van der Waals surface area contributed by atoms with Crippen molar-refractivity contribution in [1.29, 1.82) is 0 Å². The highest BCUT2D eigenvalue weighted by atomic mass is 35.5. The van der Waals surface area contributed by atoms with Crippen molar-refractivity contribution >= 4 is 42.1 Å². The molecular formula is C18H26Cl2FN3OS. The van der Waals surface area contributed by atoms with Crippen LogP contribution in [-0.2, 0) is 17.6 Å². The third-order valence-electron chi connectivity index (χ3n) is 3.62. The second-order valence-corrected chi connectivity index (χ2v) is 7.28. The second kappa shape index (κ2) is 12.2. The van der Waals surface area contributed by atoms with Crippen molar-refractivity contribution in [3.05, 3.63) is 51.7 Å². The Bertz CT molecular complexity index is 665. The molecule has 3 N–H and O–H groups in total. The summed E-state index contributed by atoms with van der Waals surface area (Å²) in [4.78, 5) is 16.6. The maximum absolute atomic E-state index is 12.9. The number of aromatic nitrogens is 1. The third-order valence-corrected chi connectivity index (χ3v) is 4.51. The van der Waals surface area contributed by atoms with Gasteiger partial charge in [0, 0.05) is 24.4 Å². The quantitative estimate of drug-likeness (QED) is 0.681. The van der Waals surface area contributed by atoms with Crippen molar-refractivity contribution in [3.8, 4) is 0 Å². The Labute approximate surface area is 170 Å². The summed E-state index contributed by atoms with van der Waals surface area (Å²) in [5.41, 5.74) is 7.47. The number of nitrogens with one attached hydrogen (secondary N) is 1. The number of carbonyl (C=O) groups excluding carboxylic acids is 1. The lowest BCUT2D eigenvalue weighted by molar-refractivity contribution is -0.121. The Hall–Kier alpha value is -1.21. The molecule has 0 radical (unpaired) electrons. The van der Waals surface area contributed by atoms with Gasteiger partial charge in [-0.05, 0) is 30.0 Å². The van der Waals surface area contributed by atoms with Gasteiger partial charge in [0.2, 0.25) is 5.91 Å². The zero-order chi connectivity index (χ0) is 17.5. The summed E-state index contributed by atoms with van der Waals surface area (Å²) in [6.45, 7) is 4.66. The topological polar surface area (TPSA) is 68.0 Å². The lowest BCUT2D eigenvalue weighted by atomic mass is 10.0. The summed E-state index contributed by atoms with van der Waals surface area (Å²) in [5.74, 6) is 0.191. The molecule has 1 atom stereocenters. The summed E-state index contributed by atoms with van der Waals surface area (Å²) in [6, 6.07) is 6.40. The van der Waals surface area contributed by atoms with E-state index in [1.165, 1.54) is 23.5 Å². The Balaban J connectivity index is 0.00000312. The van der Waals surface area contributed by atoms with Gasteiger partial charge in [0.05, 0.1) is 17.1 Å². The van der Waals surface area contributed by atoms with Crippen molar-refractivity contribution in [2.75, 3.05) is 6.54 Å². The van der Waals surface area contributed by atoms with Crippen molar-refractivity contribution < 1.29 is 9.18 Å². The van der Waals surface area contributed by atoms with E-state index in [0.717, 1.165) is 22.7 Å². The van der Waals surface area contributed by atoms with E-state index in [9.17, 15) is 9.18 Å². The fourth-order valence-corrected chi connectivity index (χ4v) is 3.34. The van der Waals surface area contributed by atoms with Crippen LogP contribution in [0.1, 0.15) is 36.5 Å². The summed E-state index contributed by atoms with van der Waals surface area (Å²) < 4.78 is 12.9. The average Bonchev–Trinajstić information content (AvgIpc) is 2.95. The minimum absolute atomic E-state index is 0. The molecular weight excluding hydrogens is 396 g/mol. The minimum Gasteiger partial charge on any atom is -0.352 e. The summed E-state index contributed by atoms with van der Waals surface area (Å²) in [6.07, 6.45) is 1.77. The van der Waals surface area contributed by atoms with Crippen LogP contribution in [0.3, 0.4) is 0 Å². The van der Waals surface area contributed by atoms with E-state index < -0.39 is 0 Å². The molecule has 0 fully saturated rings. The first-order valence-corrected chi connectivity index (χ1v) is 9.01. The highest BCUT2D eigenvalue weighted by Crippen LogP contribution is 2.16. The van der Waals surface area contributed by atoms with Gasteiger partial charge in [0.1, 0.15) is 5.82 Å². The van der Waals surface area contributed by atoms with Crippen molar-refractivity contribution in [1.82, 2.24) is 10.3 Å². The molecule has 1 unspecified atom stereocenters. The van der Waals surface area contributed by atoms with Gasteiger partial charge in [-0.3, -0.25) is 4.79 Å². The number of halogens is 3. The Morgan fingerprint density at radius 1 is 1.27 bits per heavy atom. The van der Waals surface area contributed by atoms with Crippen LogP contribution in [0.5, 0.6) is 0 Å². The molecule has 1 aromatic heterocycles. The Morgan fingerprint density at radius 2 is 1.92 bits per heavy atom. The van der Waals surface area contributed by atoms with Gasteiger partial charge in [-0.2, -0.15) is 0 Å². The zero-order valence-corrected chi connectivity index (χ0v) is 17.4. The van der Waals surface area contributed by atoms with E-state index in [0.29, 0.717) is 18.9 Å². The smallest absolute Gasteiger partial charge is 0.226 e. The number of rotatable bonds is 8. The predicted molar refractivity (Wildman–Crippen MR) is 110 cm³/mol. The van der Waals surface area contributed by atoms with E-state index >= 15 is 0 Å². The van der Waals surface area contributed by atoms with Gasteiger partial charge in [-0.15, -0.1) is 36.2 Å². The van der Waals surface area contributed by atoms with Gasteiger partial charge < -0.3 is 11.1 Å². The van der Waals surface area contributed by atoms with Crippen LogP contribution in [0.4, 0.5) is 4.39 Å². The molecule has 2 aromatic rings. The molecule has 0 aliphatic rings. The lowest BCUT2D eigenvalue weighted by Gasteiger charge is -2.18. The SMILES string of the molecule is CC(C)CC(CN)NC(=O)Cc1csc(Cc2ccc(F)cc2)n1.Cl.Cl. The monoisotopic (exact) mass is 421 g/mol. The molecule has 1 heterocycles. The molecule has 0 bridgehead atoms. The molecule has 0 aliphatic heterocycles. The van der Waals surface area contributed by atoms with Gasteiger partial charge in [-0.1, -0.05) is 26.0 Å². The van der Waals surface area contributed by atoms with Gasteiger partial charge >= 0.3 is 0 Å². The number of amides is 1. The Morgan fingerprint density at radius 3 is 2.50 bits per heavy atom. The predicted octanol–water partition coefficient (Wildman–Crippen LogP) is 3.75. The molecule has 4 nitrogen and oxygen atoms in total. The molecule has 1 amide bonds. The van der Waals surface area contributed by atoms with Crippen LogP contribution in [0, 0.1) is 11.7 Å². The van der Waals surface area contributed by atoms with E-state index in [-0.39, 0.29) is 49.0 Å². The first-order chi connectivity index (χ1) is 11.5. The molecule has 146 valence electrons. The van der Waals surface area contributed by atoms with E-state index in [1.807, 2.05) is 5.38 Å². The van der Waals surface area contributed by atoms with Gasteiger partial charge in [0.15, 0.2) is 0 Å². The number of benzene rings is 1. The van der Waals surface area contributed by atoms with Gasteiger partial charge in [-0.25, -0.2) is 9.37 Å². The number of thiazole rings is 1. The number of nitrogens with zero attached hydrogens (tertiary/aromatic N) is 1. The molecule has 0 saturated heterocycles. The van der Waals surface area contributed by atoms with E-state index in [4.69, 9.17) is 5.73 Å². The first-order valence-electron chi connectivity index (χ1n) is 8.13. The molecule has 26 heavy (non-hydrogen) atoms. The first kappa shape index (κ1) is 24.8. The number of hydrogen-bond acceptors (Lipinski definition) is 4. The largest absolute Gasteiger partial charge is 0.352 e. The normalized spacial score (nSPS) is 11.4. The highest BCUT2D eigenvalue weighted by Gasteiger charge is 2.14. The number of nitrogens with two attached hydrogens (primary N) is 1. The van der Waals surface area contributed by atoms with Crippen molar-refractivity contribution in [2.24, 2.45) is 11.7 Å². The maximum atomic E-state index is 12.9. The molecule has 0 saturated carbocycles. The number of hydrogen-bond donors (Lipinski definition) is 2. The second-order valence-electron chi connectivity index (χ2n) is 6.34. The Kier molecular flexibility index (Phi) is 11.7. The van der Waals surface area contributed by atoms with Crippen molar-refractivity contribution in [3.63, 3.8) is 0 Å².